The van der Waals surface area contributed by atoms with E-state index < -0.39 is 0 Å². The SMILES string of the molecule is C=CCc1cc(CC=C)c2c(c1)C(CC=C)CC(=O)O2. The van der Waals surface area contributed by atoms with Crippen LogP contribution in [0.3, 0.4) is 0 Å². The van der Waals surface area contributed by atoms with Crippen LogP contribution in [0.2, 0.25) is 0 Å². The number of hydrogen-bond acceptors (Lipinski definition) is 2. The standard InChI is InChI=1S/C18H20O2/c1-4-7-13-10-15(9-6-3)18-16(11-13)14(8-5-2)12-17(19)20-18/h4-6,10-11,14H,1-3,7-9,12H2. The lowest BCUT2D eigenvalue weighted by Gasteiger charge is -2.26. The van der Waals surface area contributed by atoms with Gasteiger partial charge in [0.25, 0.3) is 0 Å². The zero-order chi connectivity index (χ0) is 14.5. The first-order valence-electron chi connectivity index (χ1n) is 6.88. The molecule has 0 radical (unpaired) electrons. The monoisotopic (exact) mass is 268 g/mol. The molecule has 0 aromatic heterocycles. The van der Waals surface area contributed by atoms with Crippen molar-refractivity contribution >= 4 is 5.97 Å². The summed E-state index contributed by atoms with van der Waals surface area (Å²) in [6.45, 7) is 11.4. The minimum absolute atomic E-state index is 0.161. The van der Waals surface area contributed by atoms with Crippen LogP contribution in [0.1, 0.15) is 35.4 Å². The van der Waals surface area contributed by atoms with Gasteiger partial charge in [0, 0.05) is 5.92 Å². The van der Waals surface area contributed by atoms with E-state index in [9.17, 15) is 4.79 Å². The van der Waals surface area contributed by atoms with Crippen molar-refractivity contribution in [3.8, 4) is 5.75 Å². The Morgan fingerprint density at radius 2 is 1.90 bits per heavy atom. The average Bonchev–Trinajstić information content (AvgIpc) is 2.41. The van der Waals surface area contributed by atoms with E-state index in [4.69, 9.17) is 4.74 Å². The summed E-state index contributed by atoms with van der Waals surface area (Å²) < 4.78 is 5.48. The summed E-state index contributed by atoms with van der Waals surface area (Å²) in [4.78, 5) is 11.8. The Bertz CT molecular complexity index is 555. The van der Waals surface area contributed by atoms with Gasteiger partial charge in [0.1, 0.15) is 5.75 Å². The van der Waals surface area contributed by atoms with E-state index in [0.717, 1.165) is 29.7 Å². The molecule has 2 nitrogen and oxygen atoms in total. The Morgan fingerprint density at radius 1 is 1.15 bits per heavy atom. The topological polar surface area (TPSA) is 26.3 Å². The number of benzene rings is 1. The molecule has 0 fully saturated rings. The van der Waals surface area contributed by atoms with Gasteiger partial charge < -0.3 is 4.74 Å². The van der Waals surface area contributed by atoms with Crippen LogP contribution in [0, 0.1) is 0 Å². The quantitative estimate of drug-likeness (QED) is 0.441. The van der Waals surface area contributed by atoms with Crippen LogP contribution < -0.4 is 4.74 Å². The third kappa shape index (κ3) is 2.90. The highest BCUT2D eigenvalue weighted by atomic mass is 16.5. The summed E-state index contributed by atoms with van der Waals surface area (Å²) in [5.41, 5.74) is 3.33. The fourth-order valence-electron chi connectivity index (χ4n) is 2.68. The lowest BCUT2D eigenvalue weighted by atomic mass is 9.86. The summed E-state index contributed by atoms with van der Waals surface area (Å²) >= 11 is 0. The molecule has 1 unspecified atom stereocenters. The van der Waals surface area contributed by atoms with E-state index >= 15 is 0 Å². The maximum atomic E-state index is 11.8. The van der Waals surface area contributed by atoms with Gasteiger partial charge in [0.2, 0.25) is 0 Å². The molecular formula is C18H20O2. The summed E-state index contributed by atoms with van der Waals surface area (Å²) in [6, 6.07) is 4.20. The van der Waals surface area contributed by atoms with Crippen molar-refractivity contribution in [2.45, 2.75) is 31.6 Å². The van der Waals surface area contributed by atoms with Gasteiger partial charge in [-0.05, 0) is 36.0 Å². The molecule has 1 aromatic rings. The normalized spacial score (nSPS) is 17.0. The van der Waals surface area contributed by atoms with E-state index in [1.54, 1.807) is 0 Å². The molecule has 2 heteroatoms. The third-order valence-electron chi connectivity index (χ3n) is 3.52. The predicted octanol–water partition coefficient (Wildman–Crippen LogP) is 4.11. The van der Waals surface area contributed by atoms with Crippen LogP contribution in [0.4, 0.5) is 0 Å². The fraction of sp³-hybridized carbons (Fsp3) is 0.278. The molecule has 0 saturated carbocycles. The smallest absolute Gasteiger partial charge is 0.311 e. The number of allylic oxidation sites excluding steroid dienone is 3. The first kappa shape index (κ1) is 14.3. The maximum Gasteiger partial charge on any atom is 0.311 e. The van der Waals surface area contributed by atoms with Crippen molar-refractivity contribution in [1.82, 2.24) is 0 Å². The Kier molecular flexibility index (Phi) is 4.57. The molecule has 0 saturated heterocycles. The summed E-state index contributed by atoms with van der Waals surface area (Å²) in [5.74, 6) is 0.726. The van der Waals surface area contributed by atoms with Gasteiger partial charge in [-0.2, -0.15) is 0 Å². The van der Waals surface area contributed by atoms with Crippen LogP contribution in [0.5, 0.6) is 5.75 Å². The fourth-order valence-corrected chi connectivity index (χ4v) is 2.68. The highest BCUT2D eigenvalue weighted by molar-refractivity contribution is 5.77. The van der Waals surface area contributed by atoms with Crippen LogP contribution in [-0.2, 0) is 17.6 Å². The van der Waals surface area contributed by atoms with Crippen molar-refractivity contribution in [2.24, 2.45) is 0 Å². The minimum atomic E-state index is -0.161. The number of esters is 1. The molecular weight excluding hydrogens is 248 g/mol. The van der Waals surface area contributed by atoms with Gasteiger partial charge in [-0.15, -0.1) is 19.7 Å². The Morgan fingerprint density at radius 3 is 2.55 bits per heavy atom. The zero-order valence-corrected chi connectivity index (χ0v) is 11.7. The van der Waals surface area contributed by atoms with Gasteiger partial charge in [-0.25, -0.2) is 0 Å². The van der Waals surface area contributed by atoms with Crippen molar-refractivity contribution in [3.05, 3.63) is 66.8 Å². The molecule has 1 heterocycles. The van der Waals surface area contributed by atoms with E-state index in [1.807, 2.05) is 18.2 Å². The van der Waals surface area contributed by atoms with Crippen LogP contribution in [0.15, 0.2) is 50.1 Å². The summed E-state index contributed by atoms with van der Waals surface area (Å²) in [7, 11) is 0. The molecule has 0 N–H and O–H groups in total. The van der Waals surface area contributed by atoms with Crippen LogP contribution in [0.25, 0.3) is 0 Å². The van der Waals surface area contributed by atoms with Gasteiger partial charge in [0.15, 0.2) is 0 Å². The molecule has 20 heavy (non-hydrogen) atoms. The highest BCUT2D eigenvalue weighted by Crippen LogP contribution is 2.40. The number of carbonyl (C=O) groups is 1. The summed E-state index contributed by atoms with van der Waals surface area (Å²) in [6.07, 6.45) is 8.29. The summed E-state index contributed by atoms with van der Waals surface area (Å²) in [5, 5.41) is 0. The predicted molar refractivity (Wildman–Crippen MR) is 82.1 cm³/mol. The second-order valence-electron chi connectivity index (χ2n) is 5.06. The van der Waals surface area contributed by atoms with Gasteiger partial charge in [0.05, 0.1) is 6.42 Å². The molecule has 1 atom stereocenters. The molecule has 0 bridgehead atoms. The maximum absolute atomic E-state index is 11.8. The molecule has 0 aliphatic carbocycles. The Hall–Kier alpha value is -2.09. The molecule has 1 aromatic carbocycles. The number of ether oxygens (including phenoxy) is 1. The average molecular weight is 268 g/mol. The first-order valence-corrected chi connectivity index (χ1v) is 6.88. The van der Waals surface area contributed by atoms with E-state index in [1.165, 1.54) is 5.56 Å². The van der Waals surface area contributed by atoms with Crippen molar-refractivity contribution in [3.63, 3.8) is 0 Å². The van der Waals surface area contributed by atoms with Gasteiger partial charge in [-0.3, -0.25) is 4.79 Å². The number of rotatable bonds is 6. The Labute approximate surface area is 120 Å². The van der Waals surface area contributed by atoms with E-state index in [0.29, 0.717) is 12.8 Å². The van der Waals surface area contributed by atoms with E-state index in [2.05, 4.69) is 31.9 Å². The lowest BCUT2D eigenvalue weighted by Crippen LogP contribution is -2.21. The van der Waals surface area contributed by atoms with Gasteiger partial charge >= 0.3 is 5.97 Å². The van der Waals surface area contributed by atoms with E-state index in [-0.39, 0.29) is 11.9 Å². The highest BCUT2D eigenvalue weighted by Gasteiger charge is 2.28. The van der Waals surface area contributed by atoms with Crippen molar-refractivity contribution in [1.29, 1.82) is 0 Å². The van der Waals surface area contributed by atoms with Gasteiger partial charge in [-0.1, -0.05) is 30.4 Å². The molecule has 1 aliphatic rings. The second-order valence-corrected chi connectivity index (χ2v) is 5.06. The molecule has 1 aliphatic heterocycles. The molecule has 0 amide bonds. The third-order valence-corrected chi connectivity index (χ3v) is 3.52. The Balaban J connectivity index is 2.53. The lowest BCUT2D eigenvalue weighted by molar-refractivity contribution is -0.135. The molecule has 0 spiro atoms. The number of carbonyl (C=O) groups excluding carboxylic acids is 1. The van der Waals surface area contributed by atoms with Crippen molar-refractivity contribution < 1.29 is 9.53 Å². The van der Waals surface area contributed by atoms with Crippen molar-refractivity contribution in [2.75, 3.05) is 0 Å². The zero-order valence-electron chi connectivity index (χ0n) is 11.7. The second kappa shape index (κ2) is 6.38. The number of hydrogen-bond donors (Lipinski definition) is 0. The molecule has 2 rings (SSSR count). The molecule has 104 valence electrons. The van der Waals surface area contributed by atoms with Crippen LogP contribution >= 0.6 is 0 Å². The number of fused-ring (bicyclic) bond motifs is 1. The largest absolute Gasteiger partial charge is 0.426 e. The first-order chi connectivity index (χ1) is 9.69. The minimum Gasteiger partial charge on any atom is -0.426 e. The van der Waals surface area contributed by atoms with Crippen LogP contribution in [-0.4, -0.2) is 5.97 Å².